The van der Waals surface area contributed by atoms with Crippen molar-refractivity contribution in [3.63, 3.8) is 0 Å². The second-order valence-corrected chi connectivity index (χ2v) is 4.13. The first-order valence-corrected chi connectivity index (χ1v) is 8.03. The monoisotopic (exact) mass is 335 g/mol. The summed E-state index contributed by atoms with van der Waals surface area (Å²) in [7, 11) is 0. The Kier molecular flexibility index (Phi) is 26.2. The number of carbonyl (C=O) groups is 3. The molecule has 138 valence electrons. The lowest BCUT2D eigenvalue weighted by atomic mass is 10.3. The first-order valence-electron chi connectivity index (χ1n) is 8.03. The van der Waals surface area contributed by atoms with Crippen LogP contribution in [0.2, 0.25) is 0 Å². The molecule has 0 aromatic heterocycles. The minimum atomic E-state index is -1.17. The summed E-state index contributed by atoms with van der Waals surface area (Å²) in [5.41, 5.74) is 0. The molecule has 23 heavy (non-hydrogen) atoms. The third-order valence-corrected chi connectivity index (χ3v) is 2.23. The van der Waals surface area contributed by atoms with Crippen molar-refractivity contribution in [1.82, 2.24) is 5.32 Å². The molecule has 0 heterocycles. The lowest BCUT2D eigenvalue weighted by Crippen LogP contribution is -2.38. The van der Waals surface area contributed by atoms with Gasteiger partial charge in [0.25, 0.3) is 0 Å². The van der Waals surface area contributed by atoms with Gasteiger partial charge in [-0.2, -0.15) is 0 Å². The smallest absolute Gasteiger partial charge is 0.336 e. The van der Waals surface area contributed by atoms with Crippen LogP contribution in [-0.2, 0) is 28.6 Å². The Labute approximate surface area is 140 Å². The standard InChI is InChI=1S/C6H9NO4.C6H14O2.C4H10/c1-2-11-6(10)5(3-8)7-4-9;1-4-7-6(3)8-5-2;1-3-4-2/h3-5H,2H2,1H3,(H,7,9);6H,4-5H2,1-3H3;3-4H2,1-2H3. The highest BCUT2D eigenvalue weighted by molar-refractivity contribution is 5.93. The van der Waals surface area contributed by atoms with Gasteiger partial charge in [-0.25, -0.2) is 4.79 Å². The van der Waals surface area contributed by atoms with Crippen LogP contribution < -0.4 is 5.32 Å². The van der Waals surface area contributed by atoms with Gasteiger partial charge in [-0.1, -0.05) is 26.7 Å². The first-order chi connectivity index (χ1) is 11.0. The fraction of sp³-hybridized carbons (Fsp3) is 0.812. The summed E-state index contributed by atoms with van der Waals surface area (Å²) in [6.07, 6.45) is 3.19. The molecule has 0 saturated heterocycles. The molecule has 1 atom stereocenters. The van der Waals surface area contributed by atoms with Crippen molar-refractivity contribution < 1.29 is 28.6 Å². The molecule has 1 unspecified atom stereocenters. The van der Waals surface area contributed by atoms with Gasteiger partial charge in [0.05, 0.1) is 6.61 Å². The number of ether oxygens (including phenoxy) is 3. The molecule has 0 aliphatic carbocycles. The molecule has 0 radical (unpaired) electrons. The third kappa shape index (κ3) is 22.9. The average Bonchev–Trinajstić information content (AvgIpc) is 2.54. The van der Waals surface area contributed by atoms with Gasteiger partial charge in [-0.3, -0.25) is 4.79 Å². The SMILES string of the molecule is CCCC.CCOC(=O)C(C=O)NC=O.CCOC(C)OCC. The molecule has 1 N–H and O–H groups in total. The normalized spacial score (nSPS) is 10.4. The number of carbonyl (C=O) groups excluding carboxylic acids is 3. The molecule has 7 heteroatoms. The van der Waals surface area contributed by atoms with E-state index < -0.39 is 12.0 Å². The maximum atomic E-state index is 10.7. The van der Waals surface area contributed by atoms with E-state index in [0.29, 0.717) is 6.29 Å². The predicted molar refractivity (Wildman–Crippen MR) is 89.0 cm³/mol. The Morgan fingerprint density at radius 3 is 1.70 bits per heavy atom. The summed E-state index contributed by atoms with van der Waals surface area (Å²) < 4.78 is 14.6. The van der Waals surface area contributed by atoms with E-state index in [4.69, 9.17) is 9.47 Å². The Bertz CT molecular complexity index is 265. The number of unbranched alkanes of at least 4 members (excludes halogenated alkanes) is 1. The Balaban J connectivity index is -0.000000292. The summed E-state index contributed by atoms with van der Waals surface area (Å²) in [4.78, 5) is 30.6. The summed E-state index contributed by atoms with van der Waals surface area (Å²) in [5, 5.41) is 1.99. The van der Waals surface area contributed by atoms with Crippen LogP contribution in [0.25, 0.3) is 0 Å². The minimum absolute atomic E-state index is 0.0370. The zero-order valence-corrected chi connectivity index (χ0v) is 15.3. The van der Waals surface area contributed by atoms with Crippen LogP contribution >= 0.6 is 0 Å². The molecule has 0 aliphatic heterocycles. The van der Waals surface area contributed by atoms with Gasteiger partial charge in [-0.05, 0) is 27.7 Å². The van der Waals surface area contributed by atoms with E-state index >= 15 is 0 Å². The number of hydrogen-bond donors (Lipinski definition) is 1. The van der Waals surface area contributed by atoms with Crippen molar-refractivity contribution in [1.29, 1.82) is 0 Å². The van der Waals surface area contributed by atoms with E-state index in [9.17, 15) is 14.4 Å². The molecular weight excluding hydrogens is 302 g/mol. The quantitative estimate of drug-likeness (QED) is 0.284. The van der Waals surface area contributed by atoms with E-state index in [-0.39, 0.29) is 19.3 Å². The van der Waals surface area contributed by atoms with Crippen molar-refractivity contribution in [2.24, 2.45) is 0 Å². The molecule has 1 amide bonds. The number of rotatable bonds is 10. The maximum absolute atomic E-state index is 10.7. The van der Waals surface area contributed by atoms with Crippen LogP contribution in [0.3, 0.4) is 0 Å². The Morgan fingerprint density at radius 2 is 1.43 bits per heavy atom. The topological polar surface area (TPSA) is 90.9 Å². The molecule has 0 bridgehead atoms. The largest absolute Gasteiger partial charge is 0.464 e. The lowest BCUT2D eigenvalue weighted by molar-refractivity contribution is -0.147. The highest BCUT2D eigenvalue weighted by Gasteiger charge is 2.16. The summed E-state index contributed by atoms with van der Waals surface area (Å²) in [6.45, 7) is 13.4. The number of esters is 1. The van der Waals surface area contributed by atoms with Gasteiger partial charge in [0.15, 0.2) is 18.6 Å². The minimum Gasteiger partial charge on any atom is -0.464 e. The number of nitrogens with one attached hydrogen (secondary N) is 1. The fourth-order valence-corrected chi connectivity index (χ4v) is 0.986. The zero-order chi connectivity index (χ0) is 18.5. The Morgan fingerprint density at radius 1 is 0.957 bits per heavy atom. The average molecular weight is 335 g/mol. The molecule has 0 aliphatic rings. The fourth-order valence-electron chi connectivity index (χ4n) is 0.986. The summed E-state index contributed by atoms with van der Waals surface area (Å²) >= 11 is 0. The third-order valence-electron chi connectivity index (χ3n) is 2.23. The van der Waals surface area contributed by atoms with E-state index in [0.717, 1.165) is 13.2 Å². The van der Waals surface area contributed by atoms with Crippen molar-refractivity contribution in [3.05, 3.63) is 0 Å². The second-order valence-electron chi connectivity index (χ2n) is 4.13. The van der Waals surface area contributed by atoms with E-state index in [1.807, 2.05) is 26.1 Å². The predicted octanol–water partition coefficient (Wildman–Crippen LogP) is 2.07. The van der Waals surface area contributed by atoms with Gasteiger partial charge in [0, 0.05) is 13.2 Å². The van der Waals surface area contributed by atoms with E-state index in [2.05, 4.69) is 18.6 Å². The molecule has 0 aromatic carbocycles. The number of aldehydes is 1. The highest BCUT2D eigenvalue weighted by Crippen LogP contribution is 1.90. The van der Waals surface area contributed by atoms with Crippen LogP contribution in [0.15, 0.2) is 0 Å². The van der Waals surface area contributed by atoms with E-state index in [1.165, 1.54) is 12.8 Å². The van der Waals surface area contributed by atoms with Crippen molar-refractivity contribution in [3.8, 4) is 0 Å². The van der Waals surface area contributed by atoms with Gasteiger partial charge >= 0.3 is 5.97 Å². The molecule has 0 spiro atoms. The zero-order valence-electron chi connectivity index (χ0n) is 15.3. The van der Waals surface area contributed by atoms with Gasteiger partial charge in [0.1, 0.15) is 0 Å². The molecule has 0 rings (SSSR count). The molecule has 7 nitrogen and oxygen atoms in total. The van der Waals surface area contributed by atoms with Crippen LogP contribution in [0.5, 0.6) is 0 Å². The maximum Gasteiger partial charge on any atom is 0.336 e. The van der Waals surface area contributed by atoms with Crippen LogP contribution in [-0.4, -0.2) is 50.8 Å². The van der Waals surface area contributed by atoms with E-state index in [1.54, 1.807) is 6.92 Å². The van der Waals surface area contributed by atoms with Gasteiger partial charge < -0.3 is 24.3 Å². The summed E-state index contributed by atoms with van der Waals surface area (Å²) in [5.74, 6) is -0.741. The second kappa shape index (κ2) is 22.8. The molecular formula is C16H33NO6. The van der Waals surface area contributed by atoms with Crippen molar-refractivity contribution >= 4 is 18.7 Å². The lowest BCUT2D eigenvalue weighted by Gasteiger charge is -2.09. The highest BCUT2D eigenvalue weighted by atomic mass is 16.7. The Hall–Kier alpha value is -1.47. The van der Waals surface area contributed by atoms with Crippen LogP contribution in [0, 0.1) is 0 Å². The number of hydrogen-bond acceptors (Lipinski definition) is 6. The number of amides is 1. The summed E-state index contributed by atoms with van der Waals surface area (Å²) in [6, 6.07) is -1.17. The van der Waals surface area contributed by atoms with Crippen molar-refractivity contribution in [2.45, 2.75) is 66.7 Å². The van der Waals surface area contributed by atoms with Crippen molar-refractivity contribution in [2.75, 3.05) is 19.8 Å². The van der Waals surface area contributed by atoms with Gasteiger partial charge in [0.2, 0.25) is 6.41 Å². The molecule has 0 aromatic rings. The molecule has 0 saturated carbocycles. The first kappa shape index (κ1) is 26.4. The van der Waals surface area contributed by atoms with Gasteiger partial charge in [-0.15, -0.1) is 0 Å². The van der Waals surface area contributed by atoms with Crippen LogP contribution in [0.1, 0.15) is 54.4 Å². The molecule has 0 fully saturated rings. The van der Waals surface area contributed by atoms with Crippen LogP contribution in [0.4, 0.5) is 0 Å².